The molecule has 0 saturated carbocycles. The molecular weight excluding hydrogens is 404 g/mol. The van der Waals surface area contributed by atoms with Gasteiger partial charge in [0.25, 0.3) is 0 Å². The van der Waals surface area contributed by atoms with Crippen LogP contribution in [0.1, 0.15) is 11.4 Å². The zero-order chi connectivity index (χ0) is 21.2. The van der Waals surface area contributed by atoms with Crippen LogP contribution in [0, 0.1) is 13.8 Å². The van der Waals surface area contributed by atoms with E-state index in [0.717, 1.165) is 50.4 Å². The summed E-state index contributed by atoms with van der Waals surface area (Å²) in [4.78, 5) is 8.88. The van der Waals surface area contributed by atoms with Crippen LogP contribution in [0.2, 0.25) is 0 Å². The first-order chi connectivity index (χ1) is 15.2. The van der Waals surface area contributed by atoms with Crippen molar-refractivity contribution in [1.29, 1.82) is 0 Å². The van der Waals surface area contributed by atoms with Crippen LogP contribution >= 0.6 is 11.3 Å². The lowest BCUT2D eigenvalue weighted by molar-refractivity contribution is 0.482. The Kier molecular flexibility index (Phi) is 5.06. The van der Waals surface area contributed by atoms with Crippen LogP contribution in [-0.2, 0) is 0 Å². The molecule has 3 heterocycles. The predicted molar refractivity (Wildman–Crippen MR) is 124 cm³/mol. The normalized spacial score (nSPS) is 10.9. The fourth-order valence-electron chi connectivity index (χ4n) is 3.65. The van der Waals surface area contributed by atoms with Crippen LogP contribution in [0.25, 0.3) is 27.5 Å². The summed E-state index contributed by atoms with van der Waals surface area (Å²) < 4.78 is 8.11. The molecular formula is C25H20N4OS. The minimum absolute atomic E-state index is 0.751. The molecule has 0 amide bonds. The molecule has 2 aromatic carbocycles. The Balaban J connectivity index is 1.46. The van der Waals surface area contributed by atoms with E-state index >= 15 is 0 Å². The van der Waals surface area contributed by atoms with E-state index in [1.165, 1.54) is 0 Å². The van der Waals surface area contributed by atoms with Gasteiger partial charge in [0.2, 0.25) is 0 Å². The van der Waals surface area contributed by atoms with Gasteiger partial charge in [-0.25, -0.2) is 9.67 Å². The minimum atomic E-state index is 0.751. The van der Waals surface area contributed by atoms with E-state index in [2.05, 4.69) is 16.9 Å². The number of rotatable bonds is 5. The monoisotopic (exact) mass is 424 g/mol. The molecule has 0 bridgehead atoms. The highest BCUT2D eigenvalue weighted by Gasteiger charge is 2.16. The van der Waals surface area contributed by atoms with Crippen molar-refractivity contribution < 1.29 is 4.74 Å². The Morgan fingerprint density at radius 3 is 2.45 bits per heavy atom. The Hall–Kier alpha value is -3.77. The number of ether oxygens (including phenoxy) is 1. The van der Waals surface area contributed by atoms with Crippen molar-refractivity contribution in [3.8, 4) is 39.0 Å². The second kappa shape index (κ2) is 8.16. The average molecular weight is 425 g/mol. The van der Waals surface area contributed by atoms with Gasteiger partial charge < -0.3 is 4.74 Å². The number of benzene rings is 2. The number of hydrogen-bond acceptors (Lipinski definition) is 5. The summed E-state index contributed by atoms with van der Waals surface area (Å²) in [5.74, 6) is 1.52. The van der Waals surface area contributed by atoms with Crippen molar-refractivity contribution in [1.82, 2.24) is 19.7 Å². The topological polar surface area (TPSA) is 52.8 Å². The number of pyridine rings is 1. The van der Waals surface area contributed by atoms with Gasteiger partial charge in [0.05, 0.1) is 22.8 Å². The van der Waals surface area contributed by atoms with Crippen LogP contribution in [0.15, 0.2) is 84.5 Å². The van der Waals surface area contributed by atoms with E-state index < -0.39 is 0 Å². The van der Waals surface area contributed by atoms with Crippen molar-refractivity contribution in [2.24, 2.45) is 0 Å². The predicted octanol–water partition coefficient (Wildman–Crippen LogP) is 6.47. The maximum atomic E-state index is 6.16. The fraction of sp³-hybridized carbons (Fsp3) is 0.0800. The van der Waals surface area contributed by atoms with Crippen LogP contribution in [0.5, 0.6) is 11.5 Å². The maximum absolute atomic E-state index is 6.16. The van der Waals surface area contributed by atoms with Crippen LogP contribution in [0.3, 0.4) is 0 Å². The average Bonchev–Trinajstić information content (AvgIpc) is 3.43. The van der Waals surface area contributed by atoms with Crippen molar-refractivity contribution >= 4 is 11.3 Å². The van der Waals surface area contributed by atoms with Crippen molar-refractivity contribution in [3.63, 3.8) is 0 Å². The highest BCUT2D eigenvalue weighted by Crippen LogP contribution is 2.31. The first kappa shape index (κ1) is 19.2. The molecule has 6 heteroatoms. The number of nitrogens with zero attached hydrogens (tertiary/aromatic N) is 4. The molecule has 0 unspecified atom stereocenters. The second-order valence-electron chi connectivity index (χ2n) is 7.14. The lowest BCUT2D eigenvalue weighted by Gasteiger charge is -2.10. The highest BCUT2D eigenvalue weighted by atomic mass is 32.1. The summed E-state index contributed by atoms with van der Waals surface area (Å²) in [6, 6.07) is 21.9. The Bertz CT molecular complexity index is 1330. The summed E-state index contributed by atoms with van der Waals surface area (Å²) in [6.45, 7) is 4.08. The highest BCUT2D eigenvalue weighted by molar-refractivity contribution is 7.13. The van der Waals surface area contributed by atoms with E-state index in [9.17, 15) is 0 Å². The molecule has 0 atom stereocenters. The van der Waals surface area contributed by atoms with Gasteiger partial charge in [0.15, 0.2) is 0 Å². The third-order valence-corrected chi connectivity index (χ3v) is 5.85. The summed E-state index contributed by atoms with van der Waals surface area (Å²) in [5, 5.41) is 7.72. The molecule has 0 aliphatic heterocycles. The maximum Gasteiger partial charge on any atom is 0.129 e. The minimum Gasteiger partial charge on any atom is -0.457 e. The molecule has 0 radical (unpaired) electrons. The number of aryl methyl sites for hydroxylation is 1. The molecule has 5 nitrogen and oxygen atoms in total. The smallest absolute Gasteiger partial charge is 0.129 e. The quantitative estimate of drug-likeness (QED) is 0.325. The molecule has 0 N–H and O–H groups in total. The van der Waals surface area contributed by atoms with E-state index in [4.69, 9.17) is 9.84 Å². The van der Waals surface area contributed by atoms with Crippen LogP contribution in [0.4, 0.5) is 0 Å². The third-order valence-electron chi connectivity index (χ3n) is 5.02. The molecule has 152 valence electrons. The molecule has 0 aliphatic carbocycles. The van der Waals surface area contributed by atoms with Gasteiger partial charge in [-0.15, -0.1) is 11.3 Å². The lowest BCUT2D eigenvalue weighted by Crippen LogP contribution is -1.99. The summed E-state index contributed by atoms with van der Waals surface area (Å²) in [7, 11) is 0. The fourth-order valence-corrected chi connectivity index (χ4v) is 4.28. The van der Waals surface area contributed by atoms with Crippen LogP contribution in [-0.4, -0.2) is 19.7 Å². The van der Waals surface area contributed by atoms with Gasteiger partial charge in [-0.1, -0.05) is 24.3 Å². The largest absolute Gasteiger partial charge is 0.457 e. The number of thiazole rings is 1. The summed E-state index contributed by atoms with van der Waals surface area (Å²) in [5.41, 5.74) is 5.95. The van der Waals surface area contributed by atoms with Crippen molar-refractivity contribution in [3.05, 3.63) is 95.9 Å². The molecule has 3 aromatic heterocycles. The lowest BCUT2D eigenvalue weighted by atomic mass is 10.1. The molecule has 0 saturated heterocycles. The van der Waals surface area contributed by atoms with Crippen LogP contribution < -0.4 is 4.74 Å². The van der Waals surface area contributed by atoms with Gasteiger partial charge >= 0.3 is 0 Å². The first-order valence-electron chi connectivity index (χ1n) is 9.95. The number of aromatic nitrogens is 4. The SMILES string of the molecule is Cc1nn(-c2cccc(Oc3cccc(-c4nccs4)c3)c2)c(C)c1-c1ccccn1. The van der Waals surface area contributed by atoms with Gasteiger partial charge in [0.1, 0.15) is 16.5 Å². The molecule has 31 heavy (non-hydrogen) atoms. The summed E-state index contributed by atoms with van der Waals surface area (Å²) in [6.07, 6.45) is 3.62. The third kappa shape index (κ3) is 3.85. The Morgan fingerprint density at radius 2 is 1.68 bits per heavy atom. The zero-order valence-electron chi connectivity index (χ0n) is 17.2. The standard InChI is InChI=1S/C25H20N4OS/c1-17-24(23-11-3-4-12-26-23)18(2)29(28-17)20-8-6-10-22(16-20)30-21-9-5-7-19(15-21)25-27-13-14-31-25/h3-16H,1-2H3. The van der Waals surface area contributed by atoms with Gasteiger partial charge in [-0.05, 0) is 50.2 Å². The van der Waals surface area contributed by atoms with Crippen molar-refractivity contribution in [2.45, 2.75) is 13.8 Å². The number of hydrogen-bond donors (Lipinski definition) is 0. The molecule has 0 aliphatic rings. The summed E-state index contributed by atoms with van der Waals surface area (Å²) >= 11 is 1.61. The molecule has 0 fully saturated rings. The van der Waals surface area contributed by atoms with E-state index in [-0.39, 0.29) is 0 Å². The molecule has 0 spiro atoms. The Morgan fingerprint density at radius 1 is 0.839 bits per heavy atom. The van der Waals surface area contributed by atoms with E-state index in [1.807, 2.05) is 89.9 Å². The van der Waals surface area contributed by atoms with E-state index in [0.29, 0.717) is 0 Å². The first-order valence-corrected chi connectivity index (χ1v) is 10.8. The molecule has 5 aromatic rings. The van der Waals surface area contributed by atoms with Gasteiger partial charge in [-0.3, -0.25) is 4.98 Å². The molecule has 5 rings (SSSR count). The second-order valence-corrected chi connectivity index (χ2v) is 8.03. The van der Waals surface area contributed by atoms with Crippen molar-refractivity contribution in [2.75, 3.05) is 0 Å². The van der Waals surface area contributed by atoms with Gasteiger partial charge in [-0.2, -0.15) is 5.10 Å². The van der Waals surface area contributed by atoms with E-state index in [1.54, 1.807) is 17.5 Å². The Labute approximate surface area is 184 Å². The zero-order valence-corrected chi connectivity index (χ0v) is 18.0. The van der Waals surface area contributed by atoms with Gasteiger partial charge in [0, 0.05) is 35.0 Å².